The fraction of sp³-hybridized carbons (Fsp3) is 0.0800. The Morgan fingerprint density at radius 1 is 0.794 bits per heavy atom. The summed E-state index contributed by atoms with van der Waals surface area (Å²) < 4.78 is 1.26. The monoisotopic (exact) mass is 494 g/mol. The molecule has 4 aromatic rings. The van der Waals surface area contributed by atoms with E-state index >= 15 is 0 Å². The van der Waals surface area contributed by atoms with Crippen LogP contribution in [-0.4, -0.2) is 22.4 Å². The average Bonchev–Trinajstić information content (AvgIpc) is 3.13. The van der Waals surface area contributed by atoms with Crippen molar-refractivity contribution in [3.8, 4) is 0 Å². The number of halogens is 2. The number of carbonyl (C=O) groups excluding carboxylic acids is 3. The molecule has 4 rings (SSSR count). The van der Waals surface area contributed by atoms with Crippen LogP contribution >= 0.6 is 23.2 Å². The van der Waals surface area contributed by atoms with Crippen LogP contribution < -0.4 is 16.1 Å². The zero-order chi connectivity index (χ0) is 24.4. The van der Waals surface area contributed by atoms with Gasteiger partial charge >= 0.3 is 11.8 Å². The Bertz CT molecular complexity index is 1450. The molecule has 0 aliphatic carbocycles. The maximum Gasteiger partial charge on any atom is 0.328 e. The summed E-state index contributed by atoms with van der Waals surface area (Å²) in [5, 5.41) is 6.89. The number of aryl methyl sites for hydroxylation is 2. The predicted octanol–water partition coefficient (Wildman–Crippen LogP) is 5.53. The van der Waals surface area contributed by atoms with Crippen molar-refractivity contribution in [3.05, 3.63) is 93.6 Å². The molecule has 0 saturated carbocycles. The van der Waals surface area contributed by atoms with E-state index in [4.69, 9.17) is 23.2 Å². The molecule has 0 radical (unpaired) electrons. The van der Waals surface area contributed by atoms with E-state index in [0.717, 1.165) is 11.1 Å². The number of hydrogen-bond acceptors (Lipinski definition) is 3. The van der Waals surface area contributed by atoms with Gasteiger partial charge in [-0.3, -0.25) is 19.8 Å². The van der Waals surface area contributed by atoms with Gasteiger partial charge in [0.25, 0.3) is 5.91 Å². The first-order valence-electron chi connectivity index (χ1n) is 10.3. The highest BCUT2D eigenvalue weighted by Crippen LogP contribution is 2.25. The van der Waals surface area contributed by atoms with Gasteiger partial charge in [0.1, 0.15) is 5.69 Å². The number of anilines is 2. The Hall–Kier alpha value is -3.81. The van der Waals surface area contributed by atoms with E-state index in [1.165, 1.54) is 4.68 Å². The van der Waals surface area contributed by atoms with Crippen molar-refractivity contribution in [1.82, 2.24) is 4.68 Å². The third-order valence-electron chi connectivity index (χ3n) is 5.12. The smallest absolute Gasteiger partial charge is 0.321 e. The van der Waals surface area contributed by atoms with E-state index in [2.05, 4.69) is 16.1 Å². The lowest BCUT2D eigenvalue weighted by Gasteiger charge is -2.13. The maximum absolute atomic E-state index is 13.1. The third-order valence-corrected chi connectivity index (χ3v) is 5.76. The number of aromatic nitrogens is 1. The lowest BCUT2D eigenvalue weighted by molar-refractivity contribution is -0.133. The number of nitrogens with zero attached hydrogens (tertiary/aromatic N) is 1. The molecule has 1 aromatic heterocycles. The second kappa shape index (κ2) is 9.59. The lowest BCUT2D eigenvalue weighted by Crippen LogP contribution is -2.36. The Morgan fingerprint density at radius 3 is 2.29 bits per heavy atom. The minimum absolute atomic E-state index is 0.102. The molecule has 34 heavy (non-hydrogen) atoms. The Labute approximate surface area is 205 Å². The van der Waals surface area contributed by atoms with Gasteiger partial charge in [-0.1, -0.05) is 41.4 Å². The summed E-state index contributed by atoms with van der Waals surface area (Å²) in [7, 11) is 0. The quantitative estimate of drug-likeness (QED) is 0.326. The van der Waals surface area contributed by atoms with Crippen LogP contribution in [0.4, 0.5) is 11.4 Å². The largest absolute Gasteiger partial charge is 0.328 e. The van der Waals surface area contributed by atoms with Crippen molar-refractivity contribution in [2.75, 3.05) is 16.1 Å². The summed E-state index contributed by atoms with van der Waals surface area (Å²) in [4.78, 5) is 38.3. The van der Waals surface area contributed by atoms with Crippen molar-refractivity contribution in [3.63, 3.8) is 0 Å². The molecule has 0 aliphatic rings. The maximum atomic E-state index is 13.1. The molecule has 0 bridgehead atoms. The van der Waals surface area contributed by atoms with Gasteiger partial charge in [0.15, 0.2) is 0 Å². The first-order valence-corrected chi connectivity index (χ1v) is 11.0. The molecule has 0 fully saturated rings. The summed E-state index contributed by atoms with van der Waals surface area (Å²) in [6.45, 7) is 3.73. The van der Waals surface area contributed by atoms with Gasteiger partial charge in [-0.25, -0.2) is 4.68 Å². The summed E-state index contributed by atoms with van der Waals surface area (Å²) >= 11 is 12.3. The van der Waals surface area contributed by atoms with Gasteiger partial charge in [-0.05, 0) is 73.5 Å². The van der Waals surface area contributed by atoms with Crippen molar-refractivity contribution in [1.29, 1.82) is 0 Å². The molecule has 0 unspecified atom stereocenters. The van der Waals surface area contributed by atoms with E-state index in [1.54, 1.807) is 60.7 Å². The van der Waals surface area contributed by atoms with Gasteiger partial charge in [0.05, 0.1) is 5.52 Å². The van der Waals surface area contributed by atoms with Crippen LogP contribution in [0.15, 0.2) is 66.7 Å². The van der Waals surface area contributed by atoms with Gasteiger partial charge in [0.2, 0.25) is 0 Å². The number of rotatable bonds is 4. The van der Waals surface area contributed by atoms with Crippen LogP contribution in [0.5, 0.6) is 0 Å². The van der Waals surface area contributed by atoms with Crippen molar-refractivity contribution >= 4 is 63.2 Å². The van der Waals surface area contributed by atoms with Crippen molar-refractivity contribution in [2.45, 2.75) is 13.8 Å². The fourth-order valence-corrected chi connectivity index (χ4v) is 3.76. The standard InChI is InChI=1S/C25H20Cl2N4O3/c1-14-4-3-5-18(10-14)29-24(33)25(34)30-31-21-9-7-17(26)11-16(21)12-22(31)23(32)28-19-8-6-15(2)20(27)13-19/h3-13H,1-2H3,(H,28,32)(H,29,33)(H,30,34). The second-order valence-corrected chi connectivity index (χ2v) is 8.59. The lowest BCUT2D eigenvalue weighted by atomic mass is 10.2. The van der Waals surface area contributed by atoms with Crippen molar-refractivity contribution < 1.29 is 14.4 Å². The van der Waals surface area contributed by atoms with Crippen LogP contribution in [0.1, 0.15) is 21.6 Å². The Kier molecular flexibility index (Phi) is 6.58. The molecule has 3 amide bonds. The van der Waals surface area contributed by atoms with E-state index < -0.39 is 17.7 Å². The fourth-order valence-electron chi connectivity index (χ4n) is 3.40. The Balaban J connectivity index is 1.63. The molecule has 172 valence electrons. The van der Waals surface area contributed by atoms with Gasteiger partial charge in [-0.2, -0.15) is 0 Å². The SMILES string of the molecule is Cc1cccc(NC(=O)C(=O)Nn2c(C(=O)Nc3ccc(C)c(Cl)c3)cc3cc(Cl)ccc32)c1. The summed E-state index contributed by atoms with van der Waals surface area (Å²) in [5.41, 5.74) is 5.88. The number of fused-ring (bicyclic) bond motifs is 1. The zero-order valence-corrected chi connectivity index (χ0v) is 19.8. The summed E-state index contributed by atoms with van der Waals surface area (Å²) in [6.07, 6.45) is 0. The highest BCUT2D eigenvalue weighted by molar-refractivity contribution is 6.42. The van der Waals surface area contributed by atoms with Crippen molar-refractivity contribution in [2.24, 2.45) is 0 Å². The zero-order valence-electron chi connectivity index (χ0n) is 18.3. The average molecular weight is 495 g/mol. The molecule has 7 nitrogen and oxygen atoms in total. The summed E-state index contributed by atoms with van der Waals surface area (Å²) in [5.74, 6) is -2.33. The van der Waals surface area contributed by atoms with Crippen LogP contribution in [0.2, 0.25) is 10.0 Å². The minimum atomic E-state index is -0.943. The second-order valence-electron chi connectivity index (χ2n) is 7.75. The van der Waals surface area contributed by atoms with Crippen LogP contribution in [0.25, 0.3) is 10.9 Å². The van der Waals surface area contributed by atoms with Gasteiger partial charge in [0, 0.05) is 26.8 Å². The molecule has 1 heterocycles. The third kappa shape index (κ3) is 5.06. The highest BCUT2D eigenvalue weighted by Gasteiger charge is 2.21. The molecule has 3 N–H and O–H groups in total. The number of nitrogens with one attached hydrogen (secondary N) is 3. The molecule has 9 heteroatoms. The minimum Gasteiger partial charge on any atom is -0.321 e. The van der Waals surface area contributed by atoms with E-state index in [9.17, 15) is 14.4 Å². The number of benzene rings is 3. The normalized spacial score (nSPS) is 10.7. The highest BCUT2D eigenvalue weighted by atomic mass is 35.5. The van der Waals surface area contributed by atoms with Crippen LogP contribution in [0.3, 0.4) is 0 Å². The predicted molar refractivity (Wildman–Crippen MR) is 135 cm³/mol. The first-order chi connectivity index (χ1) is 16.2. The molecule has 0 saturated heterocycles. The first kappa shape index (κ1) is 23.4. The molecule has 0 atom stereocenters. The molecule has 0 aliphatic heterocycles. The number of amides is 3. The van der Waals surface area contributed by atoms with E-state index in [-0.39, 0.29) is 5.69 Å². The van der Waals surface area contributed by atoms with Gasteiger partial charge < -0.3 is 10.6 Å². The Morgan fingerprint density at radius 2 is 1.56 bits per heavy atom. The molecule has 3 aromatic carbocycles. The van der Waals surface area contributed by atoms with Crippen LogP contribution in [-0.2, 0) is 9.59 Å². The van der Waals surface area contributed by atoms with Crippen LogP contribution in [0, 0.1) is 13.8 Å². The molecular formula is C25H20Cl2N4O3. The number of hydrogen-bond donors (Lipinski definition) is 3. The van der Waals surface area contributed by atoms with Gasteiger partial charge in [-0.15, -0.1) is 0 Å². The van der Waals surface area contributed by atoms with E-state index in [1.807, 2.05) is 19.9 Å². The number of carbonyl (C=O) groups is 3. The molecular weight excluding hydrogens is 475 g/mol. The topological polar surface area (TPSA) is 92.2 Å². The summed E-state index contributed by atoms with van der Waals surface area (Å²) in [6, 6.07) is 18.7. The molecule has 0 spiro atoms. The van der Waals surface area contributed by atoms with E-state index in [0.29, 0.717) is 32.3 Å².